The molecule has 0 saturated heterocycles. The molecule has 7 atom stereocenters. The zero-order valence-electron chi connectivity index (χ0n) is 25.2. The minimum Gasteiger partial charge on any atom is -0.490 e. The number of anilines is 1. The highest BCUT2D eigenvalue weighted by Crippen LogP contribution is 2.48. The Morgan fingerprint density at radius 3 is 2.76 bits per heavy atom. The molecule has 4 aliphatic rings. The van der Waals surface area contributed by atoms with Crippen LogP contribution in [0.3, 0.4) is 0 Å². The lowest BCUT2D eigenvalue weighted by molar-refractivity contribution is -0.0622. The molecule has 2 bridgehead atoms. The number of benzene rings is 2. The smallest absolute Gasteiger partial charge is 0.263 e. The summed E-state index contributed by atoms with van der Waals surface area (Å²) in [5, 5.41) is 0.576. The van der Waals surface area contributed by atoms with Gasteiger partial charge in [0.15, 0.2) is 0 Å². The first-order valence-corrected chi connectivity index (χ1v) is 17.0. The predicted molar refractivity (Wildman–Crippen MR) is 170 cm³/mol. The number of nitrogens with one attached hydrogen (secondary N) is 1. The Hall–Kier alpha value is -2.35. The van der Waals surface area contributed by atoms with Crippen molar-refractivity contribution < 1.29 is 18.5 Å². The van der Waals surface area contributed by atoms with Crippen molar-refractivity contribution in [3.63, 3.8) is 0 Å². The average molecular weight is 611 g/mol. The number of nitrogens with zero attached hydrogens (tertiary/aromatic N) is 1. The summed E-state index contributed by atoms with van der Waals surface area (Å²) >= 11 is 6.43. The lowest BCUT2D eigenvalue weighted by Gasteiger charge is -2.49. The number of methoxy groups -OCH3 is 1. The molecule has 8 heteroatoms. The number of hydrogen-bond acceptors (Lipinski definition) is 5. The van der Waals surface area contributed by atoms with Gasteiger partial charge in [-0.25, -0.2) is 4.21 Å². The molecule has 2 aliphatic heterocycles. The van der Waals surface area contributed by atoms with Crippen molar-refractivity contribution in [1.82, 2.24) is 4.72 Å². The van der Waals surface area contributed by atoms with Crippen molar-refractivity contribution in [2.45, 2.75) is 75.6 Å². The van der Waals surface area contributed by atoms with E-state index in [2.05, 4.69) is 47.8 Å². The van der Waals surface area contributed by atoms with Crippen LogP contribution in [0.15, 0.2) is 48.6 Å². The van der Waals surface area contributed by atoms with Crippen LogP contribution in [0.25, 0.3) is 0 Å². The molecule has 1 amide bonds. The largest absolute Gasteiger partial charge is 0.490 e. The molecule has 6 rings (SSSR count). The van der Waals surface area contributed by atoms with E-state index in [1.54, 1.807) is 6.07 Å². The lowest BCUT2D eigenvalue weighted by atomic mass is 9.64. The minimum atomic E-state index is -1.51. The number of carbonyl (C=O) groups excluding carboxylic acids is 1. The van der Waals surface area contributed by atoms with E-state index in [0.717, 1.165) is 68.1 Å². The topological polar surface area (TPSA) is 67.9 Å². The monoisotopic (exact) mass is 610 g/mol. The normalized spacial score (nSPS) is 35.6. The van der Waals surface area contributed by atoms with Gasteiger partial charge in [0.2, 0.25) is 0 Å². The van der Waals surface area contributed by atoms with E-state index in [9.17, 15) is 9.00 Å². The van der Waals surface area contributed by atoms with Crippen LogP contribution in [0.2, 0.25) is 5.02 Å². The molecule has 6 nitrogen and oxygen atoms in total. The Balaban J connectivity index is 1.43. The SMILES string of the molecule is CO[C@]1(C)/C=C/CC(C)C(C)S(=O)NC(=O)c2ccc3c(c2)N(CC2CCC21)C[C@@]1(CCCc2cc(Cl)ccc21)CO3. The van der Waals surface area contributed by atoms with Crippen LogP contribution in [0.4, 0.5) is 5.69 Å². The maximum Gasteiger partial charge on any atom is 0.263 e. The Bertz CT molecular complexity index is 1410. The summed E-state index contributed by atoms with van der Waals surface area (Å²) < 4.78 is 28.8. The van der Waals surface area contributed by atoms with Gasteiger partial charge >= 0.3 is 0 Å². The Morgan fingerprint density at radius 1 is 1.17 bits per heavy atom. The third kappa shape index (κ3) is 5.41. The van der Waals surface area contributed by atoms with Crippen molar-refractivity contribution in [2.24, 2.45) is 17.8 Å². The van der Waals surface area contributed by atoms with Crippen LogP contribution < -0.4 is 14.4 Å². The molecule has 1 N–H and O–H groups in total. The maximum atomic E-state index is 13.4. The molecule has 2 heterocycles. The number of aryl methyl sites for hydroxylation is 1. The van der Waals surface area contributed by atoms with E-state index in [1.165, 1.54) is 11.1 Å². The highest BCUT2D eigenvalue weighted by atomic mass is 35.5. The molecule has 226 valence electrons. The van der Waals surface area contributed by atoms with Gasteiger partial charge in [-0.05, 0) is 112 Å². The van der Waals surface area contributed by atoms with Gasteiger partial charge in [-0.3, -0.25) is 9.52 Å². The molecule has 2 aliphatic carbocycles. The first kappa shape index (κ1) is 29.7. The number of carbonyl (C=O) groups is 1. The Kier molecular flexibility index (Phi) is 8.22. The summed E-state index contributed by atoms with van der Waals surface area (Å²) in [7, 11) is 0.303. The number of ether oxygens (including phenoxy) is 2. The minimum absolute atomic E-state index is 0.133. The van der Waals surface area contributed by atoms with E-state index in [-0.39, 0.29) is 28.1 Å². The van der Waals surface area contributed by atoms with E-state index >= 15 is 0 Å². The zero-order valence-corrected chi connectivity index (χ0v) is 26.7. The second-order valence-electron chi connectivity index (χ2n) is 13.2. The van der Waals surface area contributed by atoms with Crippen molar-refractivity contribution in [3.05, 3.63) is 70.3 Å². The molecule has 1 saturated carbocycles. The van der Waals surface area contributed by atoms with Gasteiger partial charge < -0.3 is 14.4 Å². The van der Waals surface area contributed by atoms with Gasteiger partial charge in [0.25, 0.3) is 5.91 Å². The first-order valence-electron chi connectivity index (χ1n) is 15.4. The highest BCUT2D eigenvalue weighted by Gasteiger charge is 2.47. The van der Waals surface area contributed by atoms with Crippen molar-refractivity contribution in [3.8, 4) is 5.75 Å². The number of fused-ring (bicyclic) bond motifs is 4. The van der Waals surface area contributed by atoms with Gasteiger partial charge in [0.05, 0.1) is 23.1 Å². The van der Waals surface area contributed by atoms with E-state index in [0.29, 0.717) is 24.0 Å². The quantitative estimate of drug-likeness (QED) is 0.368. The summed E-state index contributed by atoms with van der Waals surface area (Å²) in [5.74, 6) is 1.42. The lowest BCUT2D eigenvalue weighted by Crippen LogP contribution is -2.52. The summed E-state index contributed by atoms with van der Waals surface area (Å²) in [6, 6.07) is 12.0. The van der Waals surface area contributed by atoms with E-state index in [1.807, 2.05) is 32.2 Å². The first-order chi connectivity index (χ1) is 20.1. The molecular weight excluding hydrogens is 568 g/mol. The Morgan fingerprint density at radius 2 is 2.00 bits per heavy atom. The number of allylic oxidation sites excluding steroid dienone is 1. The molecule has 0 radical (unpaired) electrons. The zero-order chi connectivity index (χ0) is 29.6. The molecule has 2 aromatic rings. The fourth-order valence-corrected chi connectivity index (χ4v) is 8.80. The van der Waals surface area contributed by atoms with Crippen LogP contribution in [-0.2, 0) is 27.6 Å². The molecule has 2 aromatic carbocycles. The molecule has 1 spiro atoms. The second kappa shape index (κ2) is 11.6. The van der Waals surface area contributed by atoms with Crippen LogP contribution >= 0.6 is 11.6 Å². The number of amides is 1. The summed E-state index contributed by atoms with van der Waals surface area (Å²) in [6.07, 6.45) is 10.6. The summed E-state index contributed by atoms with van der Waals surface area (Å²) in [4.78, 5) is 15.8. The van der Waals surface area contributed by atoms with Crippen LogP contribution in [0.5, 0.6) is 5.75 Å². The third-order valence-electron chi connectivity index (χ3n) is 10.6. The predicted octanol–water partition coefficient (Wildman–Crippen LogP) is 6.62. The van der Waals surface area contributed by atoms with Gasteiger partial charge in [0, 0.05) is 36.2 Å². The average Bonchev–Trinajstić information content (AvgIpc) is 3.11. The van der Waals surface area contributed by atoms with Crippen LogP contribution in [0.1, 0.15) is 74.4 Å². The van der Waals surface area contributed by atoms with Crippen molar-refractivity contribution in [1.29, 1.82) is 0 Å². The van der Waals surface area contributed by atoms with Gasteiger partial charge in [-0.15, -0.1) is 0 Å². The standard InChI is InChI=1S/C34H43ClN2O4S/c1-22-7-5-15-33(3,40-4)28-12-9-26(28)19-37-20-34(16-6-8-24-17-27(35)11-13-29(24)34)21-41-31-14-10-25(18-30(31)37)32(38)36-42(39)23(22)2/h5,10-11,13-15,17-18,22-23,26,28H,6-9,12,16,19-21H2,1-4H3,(H,36,38)/b15-5+/t22?,23?,26?,28?,33-,34+,42?/m1/s1. The molecule has 1 fully saturated rings. The summed E-state index contributed by atoms with van der Waals surface area (Å²) in [6.45, 7) is 8.45. The maximum absolute atomic E-state index is 13.4. The molecule has 5 unspecified atom stereocenters. The number of halogens is 1. The number of rotatable bonds is 1. The van der Waals surface area contributed by atoms with E-state index in [4.69, 9.17) is 21.1 Å². The van der Waals surface area contributed by atoms with Crippen molar-refractivity contribution >= 4 is 34.2 Å². The van der Waals surface area contributed by atoms with Crippen molar-refractivity contribution in [2.75, 3.05) is 31.7 Å². The number of hydrogen-bond donors (Lipinski definition) is 1. The second-order valence-corrected chi connectivity index (χ2v) is 15.1. The van der Waals surface area contributed by atoms with E-state index < -0.39 is 11.0 Å². The molecule has 0 aromatic heterocycles. The Labute approximate surface area is 257 Å². The fourth-order valence-electron chi connectivity index (χ4n) is 7.59. The molecular formula is C34H43ClN2O4S. The fraction of sp³-hybridized carbons (Fsp3) is 0.559. The van der Waals surface area contributed by atoms with Gasteiger partial charge in [-0.1, -0.05) is 36.7 Å². The van der Waals surface area contributed by atoms with Crippen LogP contribution in [-0.4, -0.2) is 47.8 Å². The van der Waals surface area contributed by atoms with Gasteiger partial charge in [0.1, 0.15) is 16.7 Å². The third-order valence-corrected chi connectivity index (χ3v) is 12.4. The highest BCUT2D eigenvalue weighted by molar-refractivity contribution is 7.84. The van der Waals surface area contributed by atoms with Gasteiger partial charge in [-0.2, -0.15) is 0 Å². The molecule has 42 heavy (non-hydrogen) atoms. The summed E-state index contributed by atoms with van der Waals surface area (Å²) in [5.41, 5.74) is 3.50. The van der Waals surface area contributed by atoms with Crippen LogP contribution in [0, 0.1) is 17.8 Å².